The molecule has 0 aromatic heterocycles. The van der Waals surface area contributed by atoms with Crippen LogP contribution in [-0.4, -0.2) is 5.25 Å². The molecule has 96 valence electrons. The first kappa shape index (κ1) is 11.2. The molecule has 0 aromatic rings. The second-order valence-electron chi connectivity index (χ2n) is 8.63. The molecule has 0 bridgehead atoms. The molecule has 1 heteroatoms. The Hall–Kier alpha value is 0.350. The quantitative estimate of drug-likeness (QED) is 0.584. The van der Waals surface area contributed by atoms with E-state index >= 15 is 0 Å². The van der Waals surface area contributed by atoms with Crippen LogP contribution in [0.5, 0.6) is 0 Å². The van der Waals surface area contributed by atoms with E-state index in [0.717, 1.165) is 23.7 Å². The van der Waals surface area contributed by atoms with Gasteiger partial charge in [0, 0.05) is 0 Å². The van der Waals surface area contributed by atoms with E-state index in [4.69, 9.17) is 12.6 Å². The Morgan fingerprint density at radius 3 is 2.41 bits per heavy atom. The molecule has 0 heterocycles. The van der Waals surface area contributed by atoms with E-state index < -0.39 is 0 Å². The van der Waals surface area contributed by atoms with Crippen molar-refractivity contribution in [1.82, 2.24) is 0 Å². The average Bonchev–Trinajstić information content (AvgIpc) is 2.67. The zero-order chi connectivity index (χ0) is 12.2. The van der Waals surface area contributed by atoms with Gasteiger partial charge >= 0.3 is 0 Å². The van der Waals surface area contributed by atoms with Crippen LogP contribution in [-0.2, 0) is 12.6 Å². The molecule has 4 aliphatic carbocycles. The summed E-state index contributed by atoms with van der Waals surface area (Å²) in [7, 11) is 0. The lowest BCUT2D eigenvalue weighted by atomic mass is 9.36. The molecule has 5 unspecified atom stereocenters. The van der Waals surface area contributed by atoms with Crippen molar-refractivity contribution in [2.24, 2.45) is 39.9 Å². The highest BCUT2D eigenvalue weighted by molar-refractivity contribution is 7.59. The minimum absolute atomic E-state index is 0.542. The lowest BCUT2D eigenvalue weighted by Crippen LogP contribution is -2.65. The molecule has 7 atom stereocenters. The van der Waals surface area contributed by atoms with Crippen LogP contribution in [0.3, 0.4) is 0 Å². The molecule has 17 heavy (non-hydrogen) atoms. The van der Waals surface area contributed by atoms with Crippen LogP contribution in [0.25, 0.3) is 0 Å². The first-order chi connectivity index (χ1) is 7.81. The van der Waals surface area contributed by atoms with E-state index in [-0.39, 0.29) is 0 Å². The molecule has 0 N–H and O–H groups in total. The van der Waals surface area contributed by atoms with Crippen molar-refractivity contribution in [3.8, 4) is 0 Å². The van der Waals surface area contributed by atoms with Gasteiger partial charge in [-0.05, 0) is 46.8 Å². The predicted octanol–water partition coefficient (Wildman–Crippen LogP) is 4.02. The molecule has 0 radical (unpaired) electrons. The van der Waals surface area contributed by atoms with Crippen molar-refractivity contribution >= 4 is 12.6 Å². The molecule has 4 aliphatic rings. The van der Waals surface area contributed by atoms with Gasteiger partial charge in [-0.1, -0.05) is 46.5 Å². The van der Waals surface area contributed by atoms with E-state index in [2.05, 4.69) is 27.7 Å². The zero-order valence-electron chi connectivity index (χ0n) is 11.6. The van der Waals surface area contributed by atoms with Crippen LogP contribution < -0.4 is 0 Å². The first-order valence-electron chi connectivity index (χ1n) is 7.47. The van der Waals surface area contributed by atoms with Gasteiger partial charge in [0.25, 0.3) is 0 Å². The number of hydrogen-bond acceptors (Lipinski definition) is 1. The largest absolute Gasteiger partial charge is 0.789 e. The fourth-order valence-corrected chi connectivity index (χ4v) is 7.24. The van der Waals surface area contributed by atoms with Crippen molar-refractivity contribution in [3.63, 3.8) is 0 Å². The Balaban J connectivity index is 1.78. The van der Waals surface area contributed by atoms with E-state index in [9.17, 15) is 0 Å². The maximum atomic E-state index is 5.75. The van der Waals surface area contributed by atoms with Gasteiger partial charge in [-0.15, -0.1) is 0 Å². The maximum Gasteiger partial charge on any atom is -0.0211 e. The molecule has 4 saturated carbocycles. The van der Waals surface area contributed by atoms with Crippen LogP contribution in [0.2, 0.25) is 0 Å². The summed E-state index contributed by atoms with van der Waals surface area (Å²) in [6.45, 7) is 10.3. The molecule has 0 nitrogen and oxygen atoms in total. The second kappa shape index (κ2) is 2.76. The van der Waals surface area contributed by atoms with Crippen LogP contribution >= 0.6 is 0 Å². The van der Waals surface area contributed by atoms with Crippen LogP contribution in [0.15, 0.2) is 0 Å². The first-order valence-corrected chi connectivity index (χ1v) is 7.94. The summed E-state index contributed by atoms with van der Waals surface area (Å²) >= 11 is 5.75. The summed E-state index contributed by atoms with van der Waals surface area (Å²) in [6.07, 6.45) is 5.72. The third-order valence-corrected chi connectivity index (χ3v) is 8.24. The summed E-state index contributed by atoms with van der Waals surface area (Å²) in [4.78, 5) is 0. The fraction of sp³-hybridized carbons (Fsp3) is 1.00. The van der Waals surface area contributed by atoms with Gasteiger partial charge in [0.2, 0.25) is 0 Å². The standard InChI is InChI=1S/C16H26S/c1-14(2)8-15(3)7-10(15)13-12-9(16(13,14)4)5-6-11(12)17/h9-13,17H,5-8H2,1-4H3/p-1/t9?,10?,11?,12?,13?,15-,16-/m1/s1. The third-order valence-electron chi connectivity index (χ3n) is 7.69. The van der Waals surface area contributed by atoms with Crippen molar-refractivity contribution in [3.05, 3.63) is 0 Å². The molecule has 0 spiro atoms. The lowest BCUT2D eigenvalue weighted by Gasteiger charge is -2.70. The van der Waals surface area contributed by atoms with Gasteiger partial charge in [-0.25, -0.2) is 0 Å². The molecule has 4 rings (SSSR count). The number of rotatable bonds is 0. The normalized spacial score (nSPS) is 66.5. The average molecular weight is 249 g/mol. The Morgan fingerprint density at radius 1 is 1.00 bits per heavy atom. The predicted molar refractivity (Wildman–Crippen MR) is 73.6 cm³/mol. The van der Waals surface area contributed by atoms with E-state index in [1.54, 1.807) is 0 Å². The van der Waals surface area contributed by atoms with Gasteiger partial charge in [0.05, 0.1) is 0 Å². The molecule has 4 fully saturated rings. The van der Waals surface area contributed by atoms with Crippen LogP contribution in [0.1, 0.15) is 53.4 Å². The summed E-state index contributed by atoms with van der Waals surface area (Å²) in [5.74, 6) is 3.90. The van der Waals surface area contributed by atoms with Crippen LogP contribution in [0.4, 0.5) is 0 Å². The van der Waals surface area contributed by atoms with Crippen molar-refractivity contribution < 1.29 is 0 Å². The topological polar surface area (TPSA) is 0 Å². The van der Waals surface area contributed by atoms with Crippen molar-refractivity contribution in [2.45, 2.75) is 58.6 Å². The van der Waals surface area contributed by atoms with Crippen molar-refractivity contribution in [1.29, 1.82) is 0 Å². The Kier molecular flexibility index (Phi) is 1.82. The summed E-state index contributed by atoms with van der Waals surface area (Å²) in [5.41, 5.74) is 1.85. The third kappa shape index (κ3) is 1.02. The SMILES string of the molecule is CC1(C)C[C@@]2(C)CC2C2C3C([S-])CCC3[C@]21C. The summed E-state index contributed by atoms with van der Waals surface area (Å²) in [5, 5.41) is 0.608. The summed E-state index contributed by atoms with van der Waals surface area (Å²) in [6, 6.07) is 0. The lowest BCUT2D eigenvalue weighted by molar-refractivity contribution is -0.210. The molecule has 0 aromatic carbocycles. The molecule has 0 saturated heterocycles. The maximum absolute atomic E-state index is 5.75. The number of hydrogen-bond donors (Lipinski definition) is 0. The molecular weight excluding hydrogens is 224 g/mol. The minimum atomic E-state index is 0.542. The minimum Gasteiger partial charge on any atom is -0.789 e. The van der Waals surface area contributed by atoms with Crippen molar-refractivity contribution in [2.75, 3.05) is 0 Å². The highest BCUT2D eigenvalue weighted by Gasteiger charge is 2.77. The van der Waals surface area contributed by atoms with E-state index in [1.165, 1.54) is 25.7 Å². The molecule has 0 aliphatic heterocycles. The van der Waals surface area contributed by atoms with Gasteiger partial charge in [-0.2, -0.15) is 5.25 Å². The van der Waals surface area contributed by atoms with E-state index in [0.29, 0.717) is 21.5 Å². The van der Waals surface area contributed by atoms with Gasteiger partial charge in [-0.3, -0.25) is 0 Å². The monoisotopic (exact) mass is 249 g/mol. The van der Waals surface area contributed by atoms with E-state index in [1.807, 2.05) is 0 Å². The van der Waals surface area contributed by atoms with Gasteiger partial charge < -0.3 is 12.6 Å². The number of fused-ring (bicyclic) bond motifs is 6. The Morgan fingerprint density at radius 2 is 1.71 bits per heavy atom. The zero-order valence-corrected chi connectivity index (χ0v) is 12.4. The Labute approximate surface area is 111 Å². The van der Waals surface area contributed by atoms with Gasteiger partial charge in [0.15, 0.2) is 0 Å². The smallest absolute Gasteiger partial charge is 0.0211 e. The highest BCUT2D eigenvalue weighted by atomic mass is 32.1. The van der Waals surface area contributed by atoms with Gasteiger partial charge in [0.1, 0.15) is 0 Å². The second-order valence-corrected chi connectivity index (χ2v) is 9.24. The highest BCUT2D eigenvalue weighted by Crippen LogP contribution is 2.83. The molecule has 0 amide bonds. The van der Waals surface area contributed by atoms with Crippen LogP contribution in [0, 0.1) is 39.9 Å². The molecular formula is C16H25S-. The fourth-order valence-electron chi connectivity index (χ4n) is 6.74. The Bertz CT molecular complexity index is 387. The summed E-state index contributed by atoms with van der Waals surface area (Å²) < 4.78 is 0.